The molecule has 3 nitrogen and oxygen atoms in total. The molecule has 0 fully saturated rings. The van der Waals surface area contributed by atoms with E-state index in [-0.39, 0.29) is 18.4 Å². The van der Waals surface area contributed by atoms with E-state index in [1.54, 1.807) is 0 Å². The molecule has 1 atom stereocenters. The highest BCUT2D eigenvalue weighted by Crippen LogP contribution is 1.86. The summed E-state index contributed by atoms with van der Waals surface area (Å²) in [6.45, 7) is 1.83. The number of ether oxygens (including phenoxy) is 1. The number of hydrogen-bond donors (Lipinski definition) is 1. The average molecular weight is 154 g/mol. The molecule has 56 valence electrons. The first-order chi connectivity index (χ1) is 3.72. The van der Waals surface area contributed by atoms with Gasteiger partial charge in [-0.1, -0.05) is 6.92 Å². The van der Waals surface area contributed by atoms with Crippen molar-refractivity contribution in [2.45, 2.75) is 19.4 Å². The molecule has 9 heavy (non-hydrogen) atoms. The number of nitrogens with two attached hydrogens (primary N) is 1. The first-order valence-corrected chi connectivity index (χ1v) is 2.55. The van der Waals surface area contributed by atoms with Crippen LogP contribution in [0, 0.1) is 0 Å². The van der Waals surface area contributed by atoms with Gasteiger partial charge < -0.3 is 10.5 Å². The van der Waals surface area contributed by atoms with Crippen LogP contribution in [0.2, 0.25) is 0 Å². The third kappa shape index (κ3) is 4.24. The van der Waals surface area contributed by atoms with Crippen LogP contribution < -0.4 is 5.73 Å². The fourth-order valence-corrected chi connectivity index (χ4v) is 0.318. The topological polar surface area (TPSA) is 52.3 Å². The molecule has 0 unspecified atom stereocenters. The second-order valence-electron chi connectivity index (χ2n) is 1.54. The summed E-state index contributed by atoms with van der Waals surface area (Å²) in [5.41, 5.74) is 5.25. The Hall–Kier alpha value is -0.280. The Morgan fingerprint density at radius 2 is 2.22 bits per heavy atom. The van der Waals surface area contributed by atoms with Crippen LogP contribution in [0.3, 0.4) is 0 Å². The van der Waals surface area contributed by atoms with E-state index in [2.05, 4.69) is 4.74 Å². The molecular weight excluding hydrogens is 142 g/mol. The molecule has 4 heteroatoms. The highest BCUT2D eigenvalue weighted by Gasteiger charge is 2.08. The molecule has 0 aromatic heterocycles. The van der Waals surface area contributed by atoms with Gasteiger partial charge in [0.2, 0.25) is 0 Å². The van der Waals surface area contributed by atoms with Gasteiger partial charge in [-0.05, 0) is 6.42 Å². The summed E-state index contributed by atoms with van der Waals surface area (Å²) in [4.78, 5) is 10.4. The molecule has 0 rings (SSSR count). The van der Waals surface area contributed by atoms with Gasteiger partial charge in [0.1, 0.15) is 6.04 Å². The maximum absolute atomic E-state index is 10.4. The molecule has 0 aliphatic rings. The predicted molar refractivity (Wildman–Crippen MR) is 37.5 cm³/mol. The zero-order chi connectivity index (χ0) is 6.57. The molecular formula is C5H12ClNO2. The fraction of sp³-hybridized carbons (Fsp3) is 0.800. The fourth-order valence-electron chi connectivity index (χ4n) is 0.318. The van der Waals surface area contributed by atoms with Crippen molar-refractivity contribution in [2.24, 2.45) is 5.73 Å². The lowest BCUT2D eigenvalue weighted by Crippen LogP contribution is -2.30. The van der Waals surface area contributed by atoms with Gasteiger partial charge in [-0.15, -0.1) is 12.4 Å². The van der Waals surface area contributed by atoms with Crippen LogP contribution in [-0.4, -0.2) is 19.1 Å². The van der Waals surface area contributed by atoms with Crippen molar-refractivity contribution in [1.29, 1.82) is 0 Å². The standard InChI is InChI=1S/C5H11NO2.ClH/c1-3-4(6)5(7)8-2;/h4H,3,6H2,1-2H3;1H/t4-;/m1./s1. The van der Waals surface area contributed by atoms with Crippen molar-refractivity contribution < 1.29 is 9.53 Å². The SMILES string of the molecule is CC[C@@H](N)C(=O)OC.Cl. The van der Waals surface area contributed by atoms with Crippen LogP contribution in [-0.2, 0) is 9.53 Å². The summed E-state index contributed by atoms with van der Waals surface area (Å²) in [6.07, 6.45) is 0.632. The van der Waals surface area contributed by atoms with Crippen LogP contribution >= 0.6 is 12.4 Å². The van der Waals surface area contributed by atoms with E-state index in [0.717, 1.165) is 0 Å². The molecule has 0 radical (unpaired) electrons. The Labute approximate surface area is 61.0 Å². The second kappa shape index (κ2) is 5.85. The Morgan fingerprint density at radius 3 is 2.33 bits per heavy atom. The maximum atomic E-state index is 10.4. The van der Waals surface area contributed by atoms with E-state index in [1.165, 1.54) is 7.11 Å². The normalized spacial score (nSPS) is 11.4. The summed E-state index contributed by atoms with van der Waals surface area (Å²) >= 11 is 0. The number of hydrogen-bond acceptors (Lipinski definition) is 3. The van der Waals surface area contributed by atoms with E-state index in [4.69, 9.17) is 5.73 Å². The molecule has 0 saturated carbocycles. The lowest BCUT2D eigenvalue weighted by Gasteiger charge is -2.03. The molecule has 0 aliphatic heterocycles. The number of carbonyl (C=O) groups is 1. The van der Waals surface area contributed by atoms with Gasteiger partial charge in [-0.2, -0.15) is 0 Å². The molecule has 0 aliphatic carbocycles. The van der Waals surface area contributed by atoms with Gasteiger partial charge >= 0.3 is 5.97 Å². The second-order valence-corrected chi connectivity index (χ2v) is 1.54. The number of halogens is 1. The molecule has 0 saturated heterocycles. The molecule has 0 heterocycles. The third-order valence-electron chi connectivity index (χ3n) is 0.944. The van der Waals surface area contributed by atoms with E-state index < -0.39 is 6.04 Å². The van der Waals surface area contributed by atoms with Crippen LogP contribution in [0.15, 0.2) is 0 Å². The van der Waals surface area contributed by atoms with Crippen molar-refractivity contribution in [1.82, 2.24) is 0 Å². The highest BCUT2D eigenvalue weighted by atomic mass is 35.5. The molecule has 2 N–H and O–H groups in total. The summed E-state index contributed by atoms with van der Waals surface area (Å²) < 4.78 is 4.34. The predicted octanol–water partition coefficient (Wildman–Crippen LogP) is 0.318. The lowest BCUT2D eigenvalue weighted by molar-refractivity contribution is -0.142. The molecule has 0 bridgehead atoms. The van der Waals surface area contributed by atoms with Gasteiger partial charge in [0.05, 0.1) is 7.11 Å². The van der Waals surface area contributed by atoms with E-state index in [9.17, 15) is 4.79 Å². The Bertz CT molecular complexity index is 87.0. The van der Waals surface area contributed by atoms with Gasteiger partial charge in [0.25, 0.3) is 0 Å². The van der Waals surface area contributed by atoms with Gasteiger partial charge in [0, 0.05) is 0 Å². The van der Waals surface area contributed by atoms with Crippen LogP contribution in [0.1, 0.15) is 13.3 Å². The minimum atomic E-state index is -0.444. The Kier molecular flexibility index (Phi) is 7.48. The zero-order valence-electron chi connectivity index (χ0n) is 5.59. The van der Waals surface area contributed by atoms with Crippen LogP contribution in [0.4, 0.5) is 0 Å². The monoisotopic (exact) mass is 153 g/mol. The number of rotatable bonds is 2. The first kappa shape index (κ1) is 11.5. The Balaban J connectivity index is 0. The lowest BCUT2D eigenvalue weighted by atomic mass is 10.2. The number of esters is 1. The number of carbonyl (C=O) groups excluding carboxylic acids is 1. The van der Waals surface area contributed by atoms with Crippen molar-refractivity contribution in [2.75, 3.05) is 7.11 Å². The minimum absolute atomic E-state index is 0. The van der Waals surface area contributed by atoms with E-state index in [1.807, 2.05) is 6.92 Å². The third-order valence-corrected chi connectivity index (χ3v) is 0.944. The molecule has 0 spiro atoms. The van der Waals surface area contributed by atoms with E-state index >= 15 is 0 Å². The maximum Gasteiger partial charge on any atom is 0.322 e. The number of methoxy groups -OCH3 is 1. The molecule has 0 aromatic rings. The van der Waals surface area contributed by atoms with Crippen molar-refractivity contribution in [3.8, 4) is 0 Å². The smallest absolute Gasteiger partial charge is 0.322 e. The zero-order valence-corrected chi connectivity index (χ0v) is 6.40. The summed E-state index contributed by atoms with van der Waals surface area (Å²) in [6, 6.07) is -0.444. The van der Waals surface area contributed by atoms with Gasteiger partial charge in [-0.25, -0.2) is 0 Å². The van der Waals surface area contributed by atoms with Crippen LogP contribution in [0.5, 0.6) is 0 Å². The van der Waals surface area contributed by atoms with Gasteiger partial charge in [0.15, 0.2) is 0 Å². The van der Waals surface area contributed by atoms with Gasteiger partial charge in [-0.3, -0.25) is 4.79 Å². The van der Waals surface area contributed by atoms with Crippen LogP contribution in [0.25, 0.3) is 0 Å². The molecule has 0 amide bonds. The summed E-state index contributed by atoms with van der Waals surface area (Å²) in [5.74, 6) is -0.340. The quantitative estimate of drug-likeness (QED) is 0.582. The molecule has 0 aromatic carbocycles. The van der Waals surface area contributed by atoms with Crippen molar-refractivity contribution in [3.05, 3.63) is 0 Å². The Morgan fingerprint density at radius 1 is 1.78 bits per heavy atom. The largest absolute Gasteiger partial charge is 0.468 e. The highest BCUT2D eigenvalue weighted by molar-refractivity contribution is 5.85. The van der Waals surface area contributed by atoms with Crippen molar-refractivity contribution >= 4 is 18.4 Å². The first-order valence-electron chi connectivity index (χ1n) is 2.55. The average Bonchev–Trinajstić information content (AvgIpc) is 1.84. The van der Waals surface area contributed by atoms with E-state index in [0.29, 0.717) is 6.42 Å². The summed E-state index contributed by atoms with van der Waals surface area (Å²) in [7, 11) is 1.33. The summed E-state index contributed by atoms with van der Waals surface area (Å²) in [5, 5.41) is 0. The van der Waals surface area contributed by atoms with Crippen molar-refractivity contribution in [3.63, 3.8) is 0 Å². The minimum Gasteiger partial charge on any atom is -0.468 e.